The van der Waals surface area contributed by atoms with Crippen LogP contribution in [-0.4, -0.2) is 45.5 Å². The number of hydrogen-bond acceptors (Lipinski definition) is 6. The van der Waals surface area contributed by atoms with Crippen molar-refractivity contribution in [2.75, 3.05) is 24.5 Å². The lowest BCUT2D eigenvalue weighted by atomic mass is 10.1. The quantitative estimate of drug-likeness (QED) is 0.543. The Labute approximate surface area is 167 Å². The van der Waals surface area contributed by atoms with Gasteiger partial charge in [0.25, 0.3) is 5.91 Å². The highest BCUT2D eigenvalue weighted by atomic mass is 16.3. The molecule has 148 valence electrons. The number of imidazole rings is 1. The summed E-state index contributed by atoms with van der Waals surface area (Å²) < 4.78 is 6.09. The number of nitrogens with one attached hydrogen (secondary N) is 2. The normalized spacial score (nSPS) is 14.6. The van der Waals surface area contributed by atoms with E-state index in [0.29, 0.717) is 29.9 Å². The van der Waals surface area contributed by atoms with Gasteiger partial charge in [0.1, 0.15) is 11.1 Å². The van der Waals surface area contributed by atoms with Crippen LogP contribution in [0.4, 0.5) is 5.82 Å². The average Bonchev–Trinajstić information content (AvgIpc) is 3.41. The number of para-hydroxylation sites is 1. The lowest BCUT2D eigenvalue weighted by Gasteiger charge is -2.27. The Morgan fingerprint density at radius 1 is 1.17 bits per heavy atom. The summed E-state index contributed by atoms with van der Waals surface area (Å²) in [6.07, 6.45) is 7.48. The van der Waals surface area contributed by atoms with Crippen LogP contribution in [0, 0.1) is 0 Å². The fourth-order valence-electron chi connectivity index (χ4n) is 3.81. The number of hydrogen-bond donors (Lipinski definition) is 2. The molecule has 1 saturated heterocycles. The first-order chi connectivity index (χ1) is 14.3. The summed E-state index contributed by atoms with van der Waals surface area (Å²) in [5.41, 5.74) is 3.07. The molecule has 4 aromatic rings. The molecule has 2 N–H and O–H groups in total. The van der Waals surface area contributed by atoms with E-state index in [-0.39, 0.29) is 11.7 Å². The van der Waals surface area contributed by atoms with Crippen LogP contribution in [0.15, 0.2) is 41.2 Å². The van der Waals surface area contributed by atoms with Gasteiger partial charge in [0.15, 0.2) is 11.4 Å². The van der Waals surface area contributed by atoms with Crippen LogP contribution in [0.5, 0.6) is 0 Å². The first-order valence-corrected chi connectivity index (χ1v) is 9.99. The second-order valence-electron chi connectivity index (χ2n) is 7.28. The molecular weight excluding hydrogens is 368 g/mol. The molecule has 3 aromatic heterocycles. The van der Waals surface area contributed by atoms with Gasteiger partial charge in [-0.2, -0.15) is 0 Å². The van der Waals surface area contributed by atoms with Crippen molar-refractivity contribution in [1.82, 2.24) is 25.3 Å². The number of piperidine rings is 1. The molecule has 5 rings (SSSR count). The summed E-state index contributed by atoms with van der Waals surface area (Å²) in [5.74, 6) is 0.605. The number of furan rings is 1. The number of fused-ring (bicyclic) bond motifs is 3. The molecule has 0 saturated carbocycles. The van der Waals surface area contributed by atoms with Crippen LogP contribution in [0.2, 0.25) is 0 Å². The number of amides is 1. The number of nitrogens with zero attached hydrogens (tertiary/aromatic N) is 4. The van der Waals surface area contributed by atoms with E-state index < -0.39 is 0 Å². The van der Waals surface area contributed by atoms with E-state index in [2.05, 4.69) is 30.2 Å². The molecule has 8 nitrogen and oxygen atoms in total. The number of benzene rings is 1. The number of carbonyl (C=O) groups is 1. The number of rotatable bonds is 5. The fourth-order valence-corrected chi connectivity index (χ4v) is 3.81. The molecule has 29 heavy (non-hydrogen) atoms. The zero-order chi connectivity index (χ0) is 19.6. The number of anilines is 1. The molecule has 4 heterocycles. The molecule has 1 aromatic carbocycles. The Morgan fingerprint density at radius 2 is 2.03 bits per heavy atom. The van der Waals surface area contributed by atoms with Gasteiger partial charge < -0.3 is 19.6 Å². The Bertz CT molecular complexity index is 1140. The van der Waals surface area contributed by atoms with E-state index in [9.17, 15) is 4.79 Å². The molecule has 1 aliphatic rings. The molecule has 1 amide bonds. The van der Waals surface area contributed by atoms with E-state index >= 15 is 0 Å². The van der Waals surface area contributed by atoms with Crippen LogP contribution in [0.25, 0.3) is 22.1 Å². The largest absolute Gasteiger partial charge is 0.450 e. The Morgan fingerprint density at radius 3 is 2.86 bits per heavy atom. The van der Waals surface area contributed by atoms with Crippen LogP contribution in [-0.2, 0) is 6.42 Å². The maximum atomic E-state index is 12.8. The van der Waals surface area contributed by atoms with Crippen molar-refractivity contribution < 1.29 is 9.21 Å². The lowest BCUT2D eigenvalue weighted by molar-refractivity contribution is 0.0944. The number of aromatic amines is 1. The van der Waals surface area contributed by atoms with Crippen LogP contribution in [0.1, 0.15) is 35.6 Å². The topological polar surface area (TPSA) is 99.9 Å². The second kappa shape index (κ2) is 7.54. The molecule has 0 radical (unpaired) electrons. The maximum absolute atomic E-state index is 12.8. The number of aromatic nitrogens is 4. The van der Waals surface area contributed by atoms with Crippen molar-refractivity contribution in [3.63, 3.8) is 0 Å². The zero-order valence-electron chi connectivity index (χ0n) is 16.0. The maximum Gasteiger partial charge on any atom is 0.289 e. The smallest absolute Gasteiger partial charge is 0.289 e. The van der Waals surface area contributed by atoms with Crippen LogP contribution >= 0.6 is 0 Å². The van der Waals surface area contributed by atoms with Gasteiger partial charge in [-0.05, 0) is 31.4 Å². The Balaban J connectivity index is 1.50. The minimum atomic E-state index is -0.282. The van der Waals surface area contributed by atoms with Gasteiger partial charge >= 0.3 is 0 Å². The summed E-state index contributed by atoms with van der Waals surface area (Å²) in [6, 6.07) is 7.76. The monoisotopic (exact) mass is 390 g/mol. The Kier molecular flexibility index (Phi) is 4.59. The summed E-state index contributed by atoms with van der Waals surface area (Å²) in [4.78, 5) is 31.2. The standard InChI is InChI=1S/C21H22N6O2/c28-21(23-9-8-14-12-22-13-24-14)19-25-17-15-6-2-3-7-16(15)29-18(17)20(26-19)27-10-4-1-5-11-27/h2-3,6-7,12-13H,1,4-5,8-11H2,(H,22,24)(H,23,28). The molecule has 0 atom stereocenters. The molecule has 8 heteroatoms. The van der Waals surface area contributed by atoms with Crippen LogP contribution < -0.4 is 10.2 Å². The van der Waals surface area contributed by atoms with Crippen molar-refractivity contribution in [3.8, 4) is 0 Å². The molecule has 1 fully saturated rings. The van der Waals surface area contributed by atoms with Crippen molar-refractivity contribution in [2.24, 2.45) is 0 Å². The molecule has 0 bridgehead atoms. The average molecular weight is 390 g/mol. The minimum absolute atomic E-state index is 0.175. The molecule has 0 spiro atoms. The summed E-state index contributed by atoms with van der Waals surface area (Å²) in [7, 11) is 0. The molecule has 1 aliphatic heterocycles. The first-order valence-electron chi connectivity index (χ1n) is 9.99. The van der Waals surface area contributed by atoms with Crippen molar-refractivity contribution >= 4 is 33.8 Å². The predicted molar refractivity (Wildman–Crippen MR) is 110 cm³/mol. The van der Waals surface area contributed by atoms with Gasteiger partial charge in [0, 0.05) is 43.3 Å². The third kappa shape index (κ3) is 3.41. The van der Waals surface area contributed by atoms with Gasteiger partial charge in [-0.1, -0.05) is 12.1 Å². The van der Waals surface area contributed by atoms with Gasteiger partial charge in [-0.25, -0.2) is 15.0 Å². The van der Waals surface area contributed by atoms with Crippen molar-refractivity contribution in [1.29, 1.82) is 0 Å². The van der Waals surface area contributed by atoms with Gasteiger partial charge in [-0.15, -0.1) is 0 Å². The third-order valence-corrected chi connectivity index (χ3v) is 5.30. The first kappa shape index (κ1) is 17.7. The van der Waals surface area contributed by atoms with Crippen LogP contribution in [0.3, 0.4) is 0 Å². The Hall–Kier alpha value is -3.42. The highest BCUT2D eigenvalue weighted by Gasteiger charge is 2.23. The zero-order valence-corrected chi connectivity index (χ0v) is 16.0. The summed E-state index contributed by atoms with van der Waals surface area (Å²) in [6.45, 7) is 2.29. The molecule has 0 aliphatic carbocycles. The van der Waals surface area contributed by atoms with E-state index in [0.717, 1.165) is 42.6 Å². The number of carbonyl (C=O) groups excluding carboxylic acids is 1. The molecule has 0 unspecified atom stereocenters. The highest BCUT2D eigenvalue weighted by Crippen LogP contribution is 2.33. The second-order valence-corrected chi connectivity index (χ2v) is 7.28. The SMILES string of the molecule is O=C(NCCc1cnc[nH]1)c1nc(N2CCCCC2)c2oc3ccccc3c2n1. The van der Waals surface area contributed by atoms with Gasteiger partial charge in [0.2, 0.25) is 5.82 Å². The highest BCUT2D eigenvalue weighted by molar-refractivity contribution is 6.07. The van der Waals surface area contributed by atoms with E-state index in [4.69, 9.17) is 4.42 Å². The summed E-state index contributed by atoms with van der Waals surface area (Å²) in [5, 5.41) is 3.81. The van der Waals surface area contributed by atoms with Crippen molar-refractivity contribution in [2.45, 2.75) is 25.7 Å². The van der Waals surface area contributed by atoms with E-state index in [1.54, 1.807) is 12.5 Å². The lowest BCUT2D eigenvalue weighted by Crippen LogP contribution is -2.32. The summed E-state index contributed by atoms with van der Waals surface area (Å²) >= 11 is 0. The van der Waals surface area contributed by atoms with Gasteiger partial charge in [-0.3, -0.25) is 4.79 Å². The van der Waals surface area contributed by atoms with Crippen molar-refractivity contribution in [3.05, 3.63) is 48.3 Å². The fraction of sp³-hybridized carbons (Fsp3) is 0.333. The predicted octanol–water partition coefficient (Wildman–Crippen LogP) is 3.06. The number of H-pyrrole nitrogens is 1. The van der Waals surface area contributed by atoms with E-state index in [1.165, 1.54) is 6.42 Å². The van der Waals surface area contributed by atoms with Gasteiger partial charge in [0.05, 0.1) is 6.33 Å². The molecular formula is C21H22N6O2. The minimum Gasteiger partial charge on any atom is -0.450 e. The third-order valence-electron chi connectivity index (χ3n) is 5.30. The van der Waals surface area contributed by atoms with E-state index in [1.807, 2.05) is 24.3 Å².